The van der Waals surface area contributed by atoms with Crippen molar-refractivity contribution in [3.05, 3.63) is 16.1 Å². The molecule has 1 aromatic rings. The van der Waals surface area contributed by atoms with Gasteiger partial charge in [0.05, 0.1) is 12.3 Å². The predicted molar refractivity (Wildman–Crippen MR) is 58.8 cm³/mol. The van der Waals surface area contributed by atoms with Crippen LogP contribution in [0.5, 0.6) is 0 Å². The molecule has 2 heterocycles. The third kappa shape index (κ3) is 1.93. The smallest absolute Gasteiger partial charge is 0.358 e. The number of hydrogen-bond acceptors (Lipinski definition) is 3. The molecule has 0 aromatic carbocycles. The quantitative estimate of drug-likeness (QED) is 0.775. The number of carbonyl (C=O) groups is 1. The number of halogens is 1. The summed E-state index contributed by atoms with van der Waals surface area (Å²) < 4.78 is 7.76. The Morgan fingerprint density at radius 2 is 2.40 bits per heavy atom. The number of hydrogen-bond donors (Lipinski definition) is 0. The summed E-state index contributed by atoms with van der Waals surface area (Å²) in [6.45, 7) is 3.13. The molecule has 1 aromatic heterocycles. The van der Waals surface area contributed by atoms with Gasteiger partial charge in [-0.3, -0.25) is 0 Å². The van der Waals surface area contributed by atoms with Crippen molar-refractivity contribution in [1.29, 1.82) is 0 Å². The van der Waals surface area contributed by atoms with Crippen molar-refractivity contribution in [1.82, 2.24) is 9.55 Å². The maximum absolute atomic E-state index is 11.6. The van der Waals surface area contributed by atoms with Gasteiger partial charge >= 0.3 is 5.97 Å². The van der Waals surface area contributed by atoms with E-state index >= 15 is 0 Å². The summed E-state index contributed by atoms with van der Waals surface area (Å²) in [5, 5.41) is 0. The van der Waals surface area contributed by atoms with Crippen LogP contribution in [0.2, 0.25) is 0 Å². The van der Waals surface area contributed by atoms with Gasteiger partial charge in [0.25, 0.3) is 0 Å². The predicted octanol–water partition coefficient (Wildman–Crippen LogP) is 2.16. The fraction of sp³-hybridized carbons (Fsp3) is 0.600. The average molecular weight is 273 g/mol. The lowest BCUT2D eigenvalue weighted by molar-refractivity contribution is 0.0518. The zero-order valence-corrected chi connectivity index (χ0v) is 10.2. The third-order valence-corrected chi connectivity index (χ3v) is 3.15. The van der Waals surface area contributed by atoms with Crippen LogP contribution in [-0.2, 0) is 17.7 Å². The van der Waals surface area contributed by atoms with Crippen molar-refractivity contribution in [2.45, 2.75) is 32.7 Å². The minimum atomic E-state index is -0.311. The van der Waals surface area contributed by atoms with E-state index in [1.54, 1.807) is 6.92 Å². The maximum Gasteiger partial charge on any atom is 0.358 e. The average Bonchev–Trinajstić information content (AvgIpc) is 2.58. The minimum Gasteiger partial charge on any atom is -0.461 e. The first-order valence-electron chi connectivity index (χ1n) is 5.16. The minimum absolute atomic E-state index is 0.311. The summed E-state index contributed by atoms with van der Waals surface area (Å²) in [5.74, 6) is -0.311. The Morgan fingerprint density at radius 3 is 3.13 bits per heavy atom. The van der Waals surface area contributed by atoms with Crippen LogP contribution in [0.3, 0.4) is 0 Å². The highest BCUT2D eigenvalue weighted by atomic mass is 79.9. The van der Waals surface area contributed by atoms with Crippen molar-refractivity contribution in [3.8, 4) is 0 Å². The first-order valence-corrected chi connectivity index (χ1v) is 5.95. The Labute approximate surface area is 96.8 Å². The molecule has 15 heavy (non-hydrogen) atoms. The second-order valence-electron chi connectivity index (χ2n) is 3.51. The van der Waals surface area contributed by atoms with Crippen LogP contribution < -0.4 is 0 Å². The molecule has 1 aliphatic rings. The standard InChI is InChI=1S/C10H13BrN2O2/c1-2-15-9(14)8-7-5-3-4-6-13(7)10(11)12-8/h2-6H2,1H3. The summed E-state index contributed by atoms with van der Waals surface area (Å²) in [4.78, 5) is 15.8. The number of ether oxygens (including phenoxy) is 1. The van der Waals surface area contributed by atoms with Crippen LogP contribution in [0.1, 0.15) is 35.9 Å². The number of nitrogens with zero attached hydrogens (tertiary/aromatic N) is 2. The molecular weight excluding hydrogens is 260 g/mol. The van der Waals surface area contributed by atoms with Gasteiger partial charge in [0.1, 0.15) is 0 Å². The first kappa shape index (κ1) is 10.7. The lowest BCUT2D eigenvalue weighted by atomic mass is 10.1. The highest BCUT2D eigenvalue weighted by Crippen LogP contribution is 2.24. The Hall–Kier alpha value is -0.840. The molecule has 0 bridgehead atoms. The Morgan fingerprint density at radius 1 is 1.60 bits per heavy atom. The van der Waals surface area contributed by atoms with E-state index in [1.807, 2.05) is 0 Å². The van der Waals surface area contributed by atoms with Crippen LogP contribution in [0.4, 0.5) is 0 Å². The number of carbonyl (C=O) groups excluding carboxylic acids is 1. The molecule has 4 nitrogen and oxygen atoms in total. The van der Waals surface area contributed by atoms with Gasteiger partial charge in [-0.15, -0.1) is 0 Å². The number of fused-ring (bicyclic) bond motifs is 1. The molecule has 5 heteroatoms. The molecule has 0 saturated heterocycles. The van der Waals surface area contributed by atoms with E-state index in [4.69, 9.17) is 4.74 Å². The zero-order chi connectivity index (χ0) is 10.8. The van der Waals surface area contributed by atoms with Crippen LogP contribution in [0.25, 0.3) is 0 Å². The van der Waals surface area contributed by atoms with E-state index in [0.717, 1.165) is 36.2 Å². The van der Waals surface area contributed by atoms with E-state index in [-0.39, 0.29) is 5.97 Å². The summed E-state index contributed by atoms with van der Waals surface area (Å²) in [6, 6.07) is 0. The number of esters is 1. The molecule has 0 unspecified atom stereocenters. The molecule has 0 atom stereocenters. The van der Waals surface area contributed by atoms with Crippen molar-refractivity contribution < 1.29 is 9.53 Å². The zero-order valence-electron chi connectivity index (χ0n) is 8.62. The van der Waals surface area contributed by atoms with E-state index < -0.39 is 0 Å². The molecule has 0 radical (unpaired) electrons. The largest absolute Gasteiger partial charge is 0.461 e. The van der Waals surface area contributed by atoms with Gasteiger partial charge in [-0.25, -0.2) is 9.78 Å². The number of rotatable bonds is 2. The van der Waals surface area contributed by atoms with Crippen molar-refractivity contribution in [2.75, 3.05) is 6.61 Å². The maximum atomic E-state index is 11.6. The van der Waals surface area contributed by atoms with Gasteiger partial charge in [-0.2, -0.15) is 0 Å². The molecule has 0 fully saturated rings. The van der Waals surface area contributed by atoms with Crippen LogP contribution in [0, 0.1) is 0 Å². The second-order valence-corrected chi connectivity index (χ2v) is 4.21. The summed E-state index contributed by atoms with van der Waals surface area (Å²) in [6.07, 6.45) is 3.17. The van der Waals surface area contributed by atoms with E-state index in [9.17, 15) is 4.79 Å². The number of aromatic nitrogens is 2. The SMILES string of the molecule is CCOC(=O)c1nc(Br)n2c1CCCC2. The van der Waals surface area contributed by atoms with Crippen LogP contribution >= 0.6 is 15.9 Å². The lowest BCUT2D eigenvalue weighted by Gasteiger charge is -2.15. The van der Waals surface area contributed by atoms with Crippen LogP contribution in [0.15, 0.2) is 4.73 Å². The topological polar surface area (TPSA) is 44.1 Å². The lowest BCUT2D eigenvalue weighted by Crippen LogP contribution is -2.14. The van der Waals surface area contributed by atoms with Crippen molar-refractivity contribution in [2.24, 2.45) is 0 Å². The van der Waals surface area contributed by atoms with E-state index in [0.29, 0.717) is 12.3 Å². The van der Waals surface area contributed by atoms with E-state index in [2.05, 4.69) is 25.5 Å². The molecular formula is C10H13BrN2O2. The van der Waals surface area contributed by atoms with Gasteiger partial charge in [-0.05, 0) is 42.1 Å². The molecule has 2 rings (SSSR count). The molecule has 0 amide bonds. The Bertz CT molecular complexity index is 387. The summed E-state index contributed by atoms with van der Waals surface area (Å²) >= 11 is 3.37. The molecule has 0 aliphatic carbocycles. The van der Waals surface area contributed by atoms with Gasteiger partial charge in [-0.1, -0.05) is 0 Å². The normalized spacial score (nSPS) is 14.8. The van der Waals surface area contributed by atoms with Crippen LogP contribution in [-0.4, -0.2) is 22.1 Å². The molecule has 1 aliphatic heterocycles. The van der Waals surface area contributed by atoms with Crippen molar-refractivity contribution >= 4 is 21.9 Å². The number of imidazole rings is 1. The summed E-state index contributed by atoms with van der Waals surface area (Å²) in [5.41, 5.74) is 1.48. The summed E-state index contributed by atoms with van der Waals surface area (Å²) in [7, 11) is 0. The van der Waals surface area contributed by atoms with Crippen molar-refractivity contribution in [3.63, 3.8) is 0 Å². The first-order chi connectivity index (χ1) is 7.24. The van der Waals surface area contributed by atoms with Gasteiger partial charge in [0.15, 0.2) is 10.4 Å². The Kier molecular flexibility index (Phi) is 3.09. The molecule has 0 spiro atoms. The third-order valence-electron chi connectivity index (χ3n) is 2.54. The second kappa shape index (κ2) is 4.35. The fourth-order valence-electron chi connectivity index (χ4n) is 1.86. The fourth-order valence-corrected chi connectivity index (χ4v) is 2.43. The van der Waals surface area contributed by atoms with Gasteiger partial charge in [0.2, 0.25) is 0 Å². The highest BCUT2D eigenvalue weighted by molar-refractivity contribution is 9.10. The molecule has 0 saturated carbocycles. The monoisotopic (exact) mass is 272 g/mol. The molecule has 82 valence electrons. The Balaban J connectivity index is 2.35. The molecule has 0 N–H and O–H groups in total. The van der Waals surface area contributed by atoms with Gasteiger partial charge < -0.3 is 9.30 Å². The van der Waals surface area contributed by atoms with E-state index in [1.165, 1.54) is 0 Å². The highest BCUT2D eigenvalue weighted by Gasteiger charge is 2.23. The van der Waals surface area contributed by atoms with Gasteiger partial charge in [0, 0.05) is 6.54 Å².